The summed E-state index contributed by atoms with van der Waals surface area (Å²) in [6.07, 6.45) is 8.94. The first-order valence-corrected chi connectivity index (χ1v) is 10.5. The van der Waals surface area contributed by atoms with Crippen molar-refractivity contribution in [2.24, 2.45) is 11.8 Å². The smallest absolute Gasteiger partial charge is 0.0642 e. The second-order valence-electron chi connectivity index (χ2n) is 6.22. The maximum absolute atomic E-state index is 4.13. The maximum atomic E-state index is 4.13. The lowest BCUT2D eigenvalue weighted by molar-refractivity contribution is 0.485. The first-order chi connectivity index (χ1) is 6.48. The standard InChI is InChI=1S/C12H23BrSi/c1-14(2,3)12(13)10-8-6-4-5-7-9-11(10)12/h10-11H,4-9H2,1-3H3/t10-,11+,12?. The van der Waals surface area contributed by atoms with Gasteiger partial charge in [-0.25, -0.2) is 0 Å². The van der Waals surface area contributed by atoms with Crippen LogP contribution in [0.3, 0.4) is 0 Å². The Balaban J connectivity index is 2.09. The summed E-state index contributed by atoms with van der Waals surface area (Å²) in [5.41, 5.74) is 0. The van der Waals surface area contributed by atoms with Crippen molar-refractivity contribution < 1.29 is 0 Å². The Hall–Kier alpha value is 0.697. The maximum Gasteiger partial charge on any atom is 0.0642 e. The van der Waals surface area contributed by atoms with Crippen molar-refractivity contribution in [1.29, 1.82) is 0 Å². The second-order valence-corrected chi connectivity index (χ2v) is 13.6. The Kier molecular flexibility index (Phi) is 2.89. The summed E-state index contributed by atoms with van der Waals surface area (Å²) in [6.45, 7) is 7.60. The molecule has 0 aromatic heterocycles. The van der Waals surface area contributed by atoms with Gasteiger partial charge < -0.3 is 0 Å². The molecule has 2 aliphatic carbocycles. The number of fused-ring (bicyclic) bond motifs is 1. The van der Waals surface area contributed by atoms with Crippen molar-refractivity contribution in [2.45, 2.75) is 62.1 Å². The number of alkyl halides is 1. The highest BCUT2D eigenvalue weighted by Crippen LogP contribution is 2.66. The van der Waals surface area contributed by atoms with E-state index in [9.17, 15) is 0 Å². The van der Waals surface area contributed by atoms with E-state index in [2.05, 4.69) is 35.6 Å². The van der Waals surface area contributed by atoms with E-state index < -0.39 is 8.07 Å². The molecule has 0 aromatic rings. The quantitative estimate of drug-likeness (QED) is 0.484. The predicted octanol–water partition coefficient (Wildman–Crippen LogP) is 4.60. The SMILES string of the molecule is C[Si](C)(C)C1(Br)[C@@H]2CCCCCC[C@@H]21. The molecule has 0 nitrogen and oxygen atoms in total. The molecule has 0 amide bonds. The van der Waals surface area contributed by atoms with Crippen molar-refractivity contribution >= 4 is 24.0 Å². The van der Waals surface area contributed by atoms with Gasteiger partial charge in [0.05, 0.1) is 8.07 Å². The van der Waals surface area contributed by atoms with E-state index in [4.69, 9.17) is 0 Å². The topological polar surface area (TPSA) is 0 Å². The molecule has 0 saturated heterocycles. The summed E-state index contributed by atoms with van der Waals surface area (Å²) in [7, 11) is -1.00. The van der Waals surface area contributed by atoms with Crippen LogP contribution in [0.4, 0.5) is 0 Å². The van der Waals surface area contributed by atoms with Gasteiger partial charge in [-0.3, -0.25) is 0 Å². The van der Waals surface area contributed by atoms with E-state index in [1.165, 1.54) is 38.5 Å². The van der Waals surface area contributed by atoms with E-state index in [1.54, 1.807) is 0 Å². The molecule has 0 N–H and O–H groups in total. The molecular formula is C12H23BrSi. The highest BCUT2D eigenvalue weighted by molar-refractivity contribution is 9.10. The summed E-state index contributed by atoms with van der Waals surface area (Å²) >= 11 is 4.13. The van der Waals surface area contributed by atoms with Gasteiger partial charge in [0.15, 0.2) is 0 Å². The fourth-order valence-corrected chi connectivity index (χ4v) is 7.31. The van der Waals surface area contributed by atoms with Crippen LogP contribution in [-0.4, -0.2) is 12.0 Å². The van der Waals surface area contributed by atoms with Crippen molar-refractivity contribution in [1.82, 2.24) is 0 Å². The Morgan fingerprint density at radius 3 is 1.71 bits per heavy atom. The Labute approximate surface area is 98.0 Å². The van der Waals surface area contributed by atoms with Crippen LogP contribution in [0.1, 0.15) is 38.5 Å². The number of halogens is 1. The molecule has 82 valence electrons. The molecule has 2 heteroatoms. The molecule has 2 aliphatic rings. The van der Waals surface area contributed by atoms with Gasteiger partial charge in [-0.15, -0.1) is 0 Å². The normalized spacial score (nSPS) is 43.7. The lowest BCUT2D eigenvalue weighted by atomic mass is 10.0. The van der Waals surface area contributed by atoms with E-state index in [1.807, 2.05) is 0 Å². The number of hydrogen-bond acceptors (Lipinski definition) is 0. The number of hydrogen-bond donors (Lipinski definition) is 0. The number of rotatable bonds is 1. The van der Waals surface area contributed by atoms with Gasteiger partial charge in [0.1, 0.15) is 0 Å². The van der Waals surface area contributed by atoms with E-state index >= 15 is 0 Å². The zero-order chi connectivity index (χ0) is 10.4. The molecule has 14 heavy (non-hydrogen) atoms. The van der Waals surface area contributed by atoms with Crippen LogP contribution >= 0.6 is 15.9 Å². The van der Waals surface area contributed by atoms with Gasteiger partial charge in [-0.1, -0.05) is 61.3 Å². The first-order valence-electron chi connectivity index (χ1n) is 6.17. The molecule has 0 aliphatic heterocycles. The predicted molar refractivity (Wildman–Crippen MR) is 69.7 cm³/mol. The molecule has 1 unspecified atom stereocenters. The minimum atomic E-state index is -1.00. The van der Waals surface area contributed by atoms with Gasteiger partial charge in [0.2, 0.25) is 0 Å². The monoisotopic (exact) mass is 274 g/mol. The van der Waals surface area contributed by atoms with Crippen molar-refractivity contribution in [3.8, 4) is 0 Å². The lowest BCUT2D eigenvalue weighted by Gasteiger charge is -2.25. The molecule has 2 fully saturated rings. The molecule has 3 atom stereocenters. The minimum absolute atomic E-state index is 0.615. The van der Waals surface area contributed by atoms with Crippen LogP contribution < -0.4 is 0 Å². The zero-order valence-corrected chi connectivity index (χ0v) is 12.4. The summed E-state index contributed by atoms with van der Waals surface area (Å²) in [5, 5.41) is 0. The summed E-state index contributed by atoms with van der Waals surface area (Å²) < 4.78 is 0.615. The average Bonchev–Trinajstić information content (AvgIpc) is 2.53. The van der Waals surface area contributed by atoms with E-state index in [-0.39, 0.29) is 0 Å². The molecule has 2 saturated carbocycles. The summed E-state index contributed by atoms with van der Waals surface area (Å²) in [6, 6.07) is 0. The lowest BCUT2D eigenvalue weighted by Crippen LogP contribution is -2.38. The highest BCUT2D eigenvalue weighted by Gasteiger charge is 2.67. The molecule has 0 bridgehead atoms. The van der Waals surface area contributed by atoms with Gasteiger partial charge in [-0.2, -0.15) is 0 Å². The zero-order valence-electron chi connectivity index (χ0n) is 9.78. The van der Waals surface area contributed by atoms with Crippen LogP contribution in [0.25, 0.3) is 0 Å². The molecule has 0 heterocycles. The van der Waals surface area contributed by atoms with Crippen molar-refractivity contribution in [3.05, 3.63) is 0 Å². The molecule has 2 rings (SSSR count). The van der Waals surface area contributed by atoms with Crippen LogP contribution in [-0.2, 0) is 0 Å². The second kappa shape index (κ2) is 3.62. The van der Waals surface area contributed by atoms with Crippen LogP contribution in [0.2, 0.25) is 19.6 Å². The third-order valence-electron chi connectivity index (χ3n) is 4.39. The third-order valence-corrected chi connectivity index (χ3v) is 12.2. The fourth-order valence-electron chi connectivity index (χ4n) is 3.52. The Morgan fingerprint density at radius 2 is 1.36 bits per heavy atom. The van der Waals surface area contributed by atoms with Crippen LogP contribution in [0.15, 0.2) is 0 Å². The van der Waals surface area contributed by atoms with Gasteiger partial charge in [0.25, 0.3) is 0 Å². The Bertz CT molecular complexity index is 205. The van der Waals surface area contributed by atoms with Gasteiger partial charge in [-0.05, 0) is 24.7 Å². The summed E-state index contributed by atoms with van der Waals surface area (Å²) in [5.74, 6) is 2.07. The first kappa shape index (κ1) is 11.2. The largest absolute Gasteiger partial charge is 0.0883 e. The van der Waals surface area contributed by atoms with Crippen LogP contribution in [0.5, 0.6) is 0 Å². The average molecular weight is 275 g/mol. The summed E-state index contributed by atoms with van der Waals surface area (Å²) in [4.78, 5) is 0. The molecule has 0 spiro atoms. The fraction of sp³-hybridized carbons (Fsp3) is 1.00. The Morgan fingerprint density at radius 1 is 0.929 bits per heavy atom. The highest BCUT2D eigenvalue weighted by atomic mass is 79.9. The van der Waals surface area contributed by atoms with E-state index in [0.29, 0.717) is 3.95 Å². The minimum Gasteiger partial charge on any atom is -0.0883 e. The molecule has 0 radical (unpaired) electrons. The molecular weight excluding hydrogens is 252 g/mol. The van der Waals surface area contributed by atoms with Gasteiger partial charge >= 0.3 is 0 Å². The third kappa shape index (κ3) is 1.62. The molecule has 0 aromatic carbocycles. The van der Waals surface area contributed by atoms with Crippen molar-refractivity contribution in [3.63, 3.8) is 0 Å². The van der Waals surface area contributed by atoms with Crippen LogP contribution in [0, 0.1) is 11.8 Å². The van der Waals surface area contributed by atoms with Gasteiger partial charge in [0, 0.05) is 3.95 Å². The van der Waals surface area contributed by atoms with Crippen molar-refractivity contribution in [2.75, 3.05) is 0 Å². The van der Waals surface area contributed by atoms with E-state index in [0.717, 1.165) is 11.8 Å².